The number of phenols is 1. The van der Waals surface area contributed by atoms with Crippen LogP contribution in [0.5, 0.6) is 11.5 Å². The second-order valence-electron chi connectivity index (χ2n) is 2.81. The van der Waals surface area contributed by atoms with Crippen molar-refractivity contribution in [2.24, 2.45) is 0 Å². The Morgan fingerprint density at radius 1 is 1.32 bits per heavy atom. The second-order valence-corrected chi connectivity index (χ2v) is 3.71. The molecule has 9 heteroatoms. The summed E-state index contributed by atoms with van der Waals surface area (Å²) < 4.78 is 36.4. The fraction of sp³-hybridized carbons (Fsp3) is 0.300. The molecule has 1 aromatic carbocycles. The van der Waals surface area contributed by atoms with E-state index in [9.17, 15) is 4.79 Å². The standard InChI is InChI=1S/C8H8O3.C2H6O.H2O4S/c1-11-8-4-6(5-9)2-3-7(8)10;1-2-3;1-5(2,3)4/h2-5,10H,1H3;3H,2H2,1H3;(H2,1,2,3,4). The minimum absolute atomic E-state index is 0.0399. The van der Waals surface area contributed by atoms with Crippen LogP contribution in [0.1, 0.15) is 17.3 Å². The van der Waals surface area contributed by atoms with Crippen molar-refractivity contribution in [3.63, 3.8) is 0 Å². The predicted molar refractivity (Wildman–Crippen MR) is 67.0 cm³/mol. The zero-order valence-corrected chi connectivity index (χ0v) is 11.2. The molecule has 0 radical (unpaired) electrons. The van der Waals surface area contributed by atoms with Gasteiger partial charge in [-0.15, -0.1) is 0 Å². The third-order valence-corrected chi connectivity index (χ3v) is 1.34. The number of carbonyl (C=O) groups is 1. The molecule has 0 unspecified atom stereocenters. The van der Waals surface area contributed by atoms with Gasteiger partial charge in [-0.2, -0.15) is 8.42 Å². The Morgan fingerprint density at radius 2 is 1.74 bits per heavy atom. The van der Waals surface area contributed by atoms with Crippen LogP contribution in [0.3, 0.4) is 0 Å². The fourth-order valence-electron chi connectivity index (χ4n) is 0.768. The van der Waals surface area contributed by atoms with Gasteiger partial charge in [0, 0.05) is 12.2 Å². The molecule has 8 nitrogen and oxygen atoms in total. The number of phenolic OH excluding ortho intramolecular Hbond substituents is 1. The zero-order chi connectivity index (χ0) is 15.5. The summed E-state index contributed by atoms with van der Waals surface area (Å²) in [6, 6.07) is 4.41. The van der Waals surface area contributed by atoms with Crippen LogP contribution in [0.2, 0.25) is 0 Å². The summed E-state index contributed by atoms with van der Waals surface area (Å²) in [7, 11) is -3.23. The van der Waals surface area contributed by atoms with E-state index in [1.165, 1.54) is 25.3 Å². The molecule has 1 aromatic rings. The van der Waals surface area contributed by atoms with Gasteiger partial charge in [0.15, 0.2) is 11.5 Å². The Labute approximate surface area is 110 Å². The Balaban J connectivity index is 0. The maximum Gasteiger partial charge on any atom is 0.394 e. The van der Waals surface area contributed by atoms with Crippen molar-refractivity contribution < 1.29 is 37.3 Å². The van der Waals surface area contributed by atoms with Gasteiger partial charge in [-0.3, -0.25) is 13.9 Å². The average molecular weight is 296 g/mol. The van der Waals surface area contributed by atoms with Crippen molar-refractivity contribution in [1.82, 2.24) is 0 Å². The number of aliphatic hydroxyl groups is 1. The van der Waals surface area contributed by atoms with Crippen LogP contribution >= 0.6 is 0 Å². The number of hydrogen-bond donors (Lipinski definition) is 4. The molecule has 110 valence electrons. The zero-order valence-electron chi connectivity index (χ0n) is 10.3. The number of carbonyl (C=O) groups excluding carboxylic acids is 1. The van der Waals surface area contributed by atoms with Crippen molar-refractivity contribution in [1.29, 1.82) is 0 Å². The summed E-state index contributed by atoms with van der Waals surface area (Å²) in [5.41, 5.74) is 0.486. The average Bonchev–Trinajstić information content (AvgIpc) is 2.28. The first-order valence-corrected chi connectivity index (χ1v) is 6.22. The number of aromatic hydroxyl groups is 1. The largest absolute Gasteiger partial charge is 0.504 e. The molecular weight excluding hydrogens is 280 g/mol. The summed E-state index contributed by atoms with van der Waals surface area (Å²) >= 11 is 0. The molecule has 0 aliphatic rings. The lowest BCUT2D eigenvalue weighted by molar-refractivity contribution is 0.112. The maximum atomic E-state index is 10.2. The first-order valence-electron chi connectivity index (χ1n) is 4.82. The summed E-state index contributed by atoms with van der Waals surface area (Å²) in [5, 5.41) is 16.7. The van der Waals surface area contributed by atoms with E-state index in [-0.39, 0.29) is 12.4 Å². The van der Waals surface area contributed by atoms with Crippen LogP contribution in [0, 0.1) is 0 Å². The van der Waals surface area contributed by atoms with Gasteiger partial charge in [0.2, 0.25) is 0 Å². The second kappa shape index (κ2) is 10.3. The molecule has 0 amide bonds. The molecule has 0 bridgehead atoms. The molecule has 0 saturated carbocycles. The van der Waals surface area contributed by atoms with Crippen molar-refractivity contribution in [3.05, 3.63) is 23.8 Å². The van der Waals surface area contributed by atoms with Gasteiger partial charge >= 0.3 is 10.4 Å². The van der Waals surface area contributed by atoms with Crippen LogP contribution in [0.15, 0.2) is 18.2 Å². The first-order chi connectivity index (χ1) is 8.69. The Bertz CT molecular complexity index is 460. The lowest BCUT2D eigenvalue weighted by Crippen LogP contribution is -1.89. The molecule has 0 heterocycles. The van der Waals surface area contributed by atoms with Gasteiger partial charge in [-0.25, -0.2) is 0 Å². The van der Waals surface area contributed by atoms with E-state index < -0.39 is 10.4 Å². The van der Waals surface area contributed by atoms with E-state index in [1.54, 1.807) is 6.92 Å². The summed E-state index contributed by atoms with van der Waals surface area (Å²) in [6.45, 7) is 1.93. The van der Waals surface area contributed by atoms with Gasteiger partial charge in [-0.05, 0) is 25.1 Å². The van der Waals surface area contributed by atoms with Crippen LogP contribution in [-0.4, -0.2) is 47.7 Å². The first kappa shape index (κ1) is 19.7. The normalized spacial score (nSPS) is 9.32. The molecule has 0 aromatic heterocycles. The Morgan fingerprint density at radius 3 is 2.05 bits per heavy atom. The number of hydrogen-bond acceptors (Lipinski definition) is 6. The van der Waals surface area contributed by atoms with E-state index in [0.717, 1.165) is 0 Å². The van der Waals surface area contributed by atoms with Gasteiger partial charge < -0.3 is 14.9 Å². The number of aldehydes is 1. The van der Waals surface area contributed by atoms with Crippen molar-refractivity contribution >= 4 is 16.7 Å². The third-order valence-electron chi connectivity index (χ3n) is 1.34. The molecule has 0 spiro atoms. The van der Waals surface area contributed by atoms with E-state index in [0.29, 0.717) is 17.6 Å². The van der Waals surface area contributed by atoms with Crippen molar-refractivity contribution in [2.45, 2.75) is 6.92 Å². The molecule has 0 fully saturated rings. The molecule has 0 aliphatic carbocycles. The Kier molecular flexibility index (Phi) is 10.6. The smallest absolute Gasteiger partial charge is 0.394 e. The summed E-state index contributed by atoms with van der Waals surface area (Å²) in [5.74, 6) is 0.354. The van der Waals surface area contributed by atoms with Crippen LogP contribution in [-0.2, 0) is 10.4 Å². The van der Waals surface area contributed by atoms with Gasteiger partial charge in [0.05, 0.1) is 7.11 Å². The van der Waals surface area contributed by atoms with Gasteiger partial charge in [-0.1, -0.05) is 0 Å². The molecule has 0 saturated heterocycles. The molecular formula is C10H16O8S. The number of rotatable bonds is 2. The van der Waals surface area contributed by atoms with Crippen LogP contribution in [0.4, 0.5) is 0 Å². The highest BCUT2D eigenvalue weighted by Gasteiger charge is 2.00. The van der Waals surface area contributed by atoms with Gasteiger partial charge in [0.25, 0.3) is 0 Å². The molecule has 19 heavy (non-hydrogen) atoms. The van der Waals surface area contributed by atoms with E-state index >= 15 is 0 Å². The molecule has 0 atom stereocenters. The third kappa shape index (κ3) is 14.3. The highest BCUT2D eigenvalue weighted by atomic mass is 32.3. The monoisotopic (exact) mass is 296 g/mol. The van der Waals surface area contributed by atoms with Crippen LogP contribution in [0.25, 0.3) is 0 Å². The van der Waals surface area contributed by atoms with E-state index in [2.05, 4.69) is 0 Å². The van der Waals surface area contributed by atoms with Gasteiger partial charge in [0.1, 0.15) is 6.29 Å². The quantitative estimate of drug-likeness (QED) is 0.458. The Hall–Kier alpha value is -1.68. The molecule has 0 aliphatic heterocycles. The highest BCUT2D eigenvalue weighted by molar-refractivity contribution is 7.79. The number of aliphatic hydroxyl groups excluding tert-OH is 1. The lowest BCUT2D eigenvalue weighted by Gasteiger charge is -2.01. The molecule has 4 N–H and O–H groups in total. The van der Waals surface area contributed by atoms with Crippen LogP contribution < -0.4 is 4.74 Å². The predicted octanol–water partition coefficient (Wildman–Crippen LogP) is 0.559. The van der Waals surface area contributed by atoms with E-state index in [4.69, 9.17) is 32.5 Å². The highest BCUT2D eigenvalue weighted by Crippen LogP contribution is 2.25. The van der Waals surface area contributed by atoms with E-state index in [1.807, 2.05) is 0 Å². The van der Waals surface area contributed by atoms with Crippen molar-refractivity contribution in [2.75, 3.05) is 13.7 Å². The topological polar surface area (TPSA) is 141 Å². The number of ether oxygens (including phenoxy) is 1. The fourth-order valence-corrected chi connectivity index (χ4v) is 0.768. The summed E-state index contributed by atoms with van der Waals surface area (Å²) in [4.78, 5) is 10.2. The maximum absolute atomic E-state index is 10.2. The number of methoxy groups -OCH3 is 1. The minimum Gasteiger partial charge on any atom is -0.504 e. The lowest BCUT2D eigenvalue weighted by atomic mass is 10.2. The summed E-state index contributed by atoms with van der Waals surface area (Å²) in [6.07, 6.45) is 0.696. The molecule has 1 rings (SSSR count). The number of benzene rings is 1. The SMILES string of the molecule is CCO.COc1cc(C=O)ccc1O.O=S(=O)(O)O. The minimum atomic E-state index is -4.67. The van der Waals surface area contributed by atoms with Crippen molar-refractivity contribution in [3.8, 4) is 11.5 Å².